The highest BCUT2D eigenvalue weighted by molar-refractivity contribution is 5.73. The third-order valence-electron chi connectivity index (χ3n) is 3.24. The maximum atomic E-state index is 11.2. The van der Waals surface area contributed by atoms with Crippen molar-refractivity contribution < 1.29 is 9.90 Å². The Hall–Kier alpha value is -1.55. The van der Waals surface area contributed by atoms with Crippen molar-refractivity contribution in [2.45, 2.75) is 40.3 Å². The Morgan fingerprint density at radius 2 is 2.05 bits per heavy atom. The van der Waals surface area contributed by atoms with Gasteiger partial charge in [0, 0.05) is 24.8 Å². The van der Waals surface area contributed by atoms with E-state index in [4.69, 9.17) is 5.73 Å². The normalized spacial score (nSPS) is 12.1. The lowest BCUT2D eigenvalue weighted by Gasteiger charge is -2.32. The number of hydrogen-bond donors (Lipinski definition) is 2. The molecule has 106 valence electrons. The summed E-state index contributed by atoms with van der Waals surface area (Å²) < 4.78 is 0. The van der Waals surface area contributed by atoms with E-state index < -0.39 is 11.4 Å². The van der Waals surface area contributed by atoms with E-state index >= 15 is 0 Å². The summed E-state index contributed by atoms with van der Waals surface area (Å²) in [6.07, 6.45) is 0. The third kappa shape index (κ3) is 4.56. The summed E-state index contributed by atoms with van der Waals surface area (Å²) in [4.78, 5) is 13.4. The van der Waals surface area contributed by atoms with Crippen molar-refractivity contribution in [1.82, 2.24) is 4.90 Å². The molecule has 0 radical (unpaired) electrons. The lowest BCUT2D eigenvalue weighted by molar-refractivity contribution is -0.148. The molecule has 1 aromatic rings. The average Bonchev–Trinajstić information content (AvgIpc) is 2.27. The molecule has 0 aromatic heterocycles. The second-order valence-corrected chi connectivity index (χ2v) is 5.93. The number of anilines is 1. The van der Waals surface area contributed by atoms with Crippen LogP contribution in [0.25, 0.3) is 0 Å². The van der Waals surface area contributed by atoms with Crippen LogP contribution >= 0.6 is 0 Å². The van der Waals surface area contributed by atoms with Crippen molar-refractivity contribution in [1.29, 1.82) is 0 Å². The Labute approximate surface area is 115 Å². The molecule has 1 rings (SSSR count). The first-order valence-electron chi connectivity index (χ1n) is 6.54. The molecule has 3 N–H and O–H groups in total. The number of carboxylic acid groups (broad SMARTS) is 1. The lowest BCUT2D eigenvalue weighted by atomic mass is 9.92. The summed E-state index contributed by atoms with van der Waals surface area (Å²) in [6, 6.07) is 8.00. The maximum Gasteiger partial charge on any atom is 0.310 e. The maximum absolute atomic E-state index is 11.2. The highest BCUT2D eigenvalue weighted by atomic mass is 16.4. The zero-order valence-electron chi connectivity index (χ0n) is 12.2. The van der Waals surface area contributed by atoms with Gasteiger partial charge < -0.3 is 10.8 Å². The second-order valence-electron chi connectivity index (χ2n) is 5.93. The van der Waals surface area contributed by atoms with Crippen molar-refractivity contribution in [2.24, 2.45) is 5.41 Å². The fraction of sp³-hybridized carbons (Fsp3) is 0.533. The molecule has 0 fully saturated rings. The first kappa shape index (κ1) is 15.5. The molecule has 1 aromatic carbocycles. The highest BCUT2D eigenvalue weighted by Gasteiger charge is 2.30. The van der Waals surface area contributed by atoms with E-state index in [-0.39, 0.29) is 6.04 Å². The van der Waals surface area contributed by atoms with Crippen LogP contribution in [0.2, 0.25) is 0 Å². The van der Waals surface area contributed by atoms with Gasteiger partial charge in [0.05, 0.1) is 5.41 Å². The summed E-state index contributed by atoms with van der Waals surface area (Å²) in [6.45, 7) is 8.87. The molecule has 0 aliphatic carbocycles. The number of benzene rings is 1. The van der Waals surface area contributed by atoms with E-state index in [2.05, 4.69) is 18.7 Å². The van der Waals surface area contributed by atoms with Crippen LogP contribution in [-0.2, 0) is 11.3 Å². The molecule has 0 bridgehead atoms. The fourth-order valence-corrected chi connectivity index (χ4v) is 1.92. The van der Waals surface area contributed by atoms with Crippen LogP contribution in [0, 0.1) is 5.41 Å². The highest BCUT2D eigenvalue weighted by Crippen LogP contribution is 2.21. The van der Waals surface area contributed by atoms with Gasteiger partial charge in [0.15, 0.2) is 0 Å². The first-order chi connectivity index (χ1) is 8.72. The summed E-state index contributed by atoms with van der Waals surface area (Å²) in [7, 11) is 0. The smallest absolute Gasteiger partial charge is 0.310 e. The van der Waals surface area contributed by atoms with Crippen molar-refractivity contribution >= 4 is 11.7 Å². The molecule has 0 spiro atoms. The van der Waals surface area contributed by atoms with E-state index in [0.29, 0.717) is 13.1 Å². The zero-order chi connectivity index (χ0) is 14.6. The van der Waals surface area contributed by atoms with Crippen molar-refractivity contribution in [2.75, 3.05) is 12.3 Å². The SMILES string of the molecule is CC(C)N(Cc1cccc(N)c1)CC(C)(C)C(=O)O. The van der Waals surface area contributed by atoms with Gasteiger partial charge in [0.1, 0.15) is 0 Å². The molecule has 19 heavy (non-hydrogen) atoms. The Morgan fingerprint density at radius 3 is 2.53 bits per heavy atom. The number of nitrogen functional groups attached to an aromatic ring is 1. The summed E-state index contributed by atoms with van der Waals surface area (Å²) >= 11 is 0. The average molecular weight is 264 g/mol. The van der Waals surface area contributed by atoms with Gasteiger partial charge in [-0.25, -0.2) is 0 Å². The van der Waals surface area contributed by atoms with Crippen LogP contribution in [0.3, 0.4) is 0 Å². The molecule has 0 saturated carbocycles. The molecule has 0 saturated heterocycles. The number of carbonyl (C=O) groups is 1. The molecule has 0 aliphatic rings. The van der Waals surface area contributed by atoms with Crippen molar-refractivity contribution in [3.8, 4) is 0 Å². The minimum absolute atomic E-state index is 0.278. The number of carboxylic acids is 1. The number of rotatable bonds is 6. The molecule has 0 heterocycles. The summed E-state index contributed by atoms with van der Waals surface area (Å²) in [5, 5.41) is 9.24. The minimum Gasteiger partial charge on any atom is -0.481 e. The van der Waals surface area contributed by atoms with Crippen LogP contribution in [0.5, 0.6) is 0 Å². The van der Waals surface area contributed by atoms with Gasteiger partial charge in [-0.2, -0.15) is 0 Å². The standard InChI is InChI=1S/C15H24N2O2/c1-11(2)17(10-15(3,4)14(18)19)9-12-6-5-7-13(16)8-12/h5-8,11H,9-10,16H2,1-4H3,(H,18,19). The van der Waals surface area contributed by atoms with Gasteiger partial charge in [-0.15, -0.1) is 0 Å². The van der Waals surface area contributed by atoms with Crippen molar-refractivity contribution in [3.05, 3.63) is 29.8 Å². The van der Waals surface area contributed by atoms with Gasteiger partial charge in [-0.05, 0) is 45.4 Å². The predicted octanol–water partition coefficient (Wildman–Crippen LogP) is 2.59. The molecule has 4 nitrogen and oxygen atoms in total. The van der Waals surface area contributed by atoms with E-state index in [1.807, 2.05) is 24.3 Å². The second kappa shape index (κ2) is 6.06. The molecular formula is C15H24N2O2. The predicted molar refractivity (Wildman–Crippen MR) is 77.8 cm³/mol. The van der Waals surface area contributed by atoms with Crippen LogP contribution in [0.4, 0.5) is 5.69 Å². The van der Waals surface area contributed by atoms with Crippen LogP contribution < -0.4 is 5.73 Å². The first-order valence-corrected chi connectivity index (χ1v) is 6.54. The molecular weight excluding hydrogens is 240 g/mol. The number of aliphatic carboxylic acids is 1. The van der Waals surface area contributed by atoms with E-state index in [0.717, 1.165) is 11.3 Å². The Morgan fingerprint density at radius 1 is 1.42 bits per heavy atom. The number of nitrogens with two attached hydrogens (primary N) is 1. The van der Waals surface area contributed by atoms with Gasteiger partial charge in [0.2, 0.25) is 0 Å². The fourth-order valence-electron chi connectivity index (χ4n) is 1.92. The summed E-state index contributed by atoms with van der Waals surface area (Å²) in [5.74, 6) is -0.772. The Bertz CT molecular complexity index is 442. The van der Waals surface area contributed by atoms with Gasteiger partial charge in [-0.3, -0.25) is 9.69 Å². The topological polar surface area (TPSA) is 66.6 Å². The zero-order valence-corrected chi connectivity index (χ0v) is 12.2. The summed E-state index contributed by atoms with van der Waals surface area (Å²) in [5.41, 5.74) is 6.86. The lowest BCUT2D eigenvalue weighted by Crippen LogP contribution is -2.42. The quantitative estimate of drug-likeness (QED) is 0.775. The third-order valence-corrected chi connectivity index (χ3v) is 3.24. The molecule has 0 aliphatic heterocycles. The molecule has 0 unspecified atom stereocenters. The number of hydrogen-bond acceptors (Lipinski definition) is 3. The van der Waals surface area contributed by atoms with Crippen LogP contribution in [-0.4, -0.2) is 28.6 Å². The molecule has 0 atom stereocenters. The minimum atomic E-state index is -0.772. The van der Waals surface area contributed by atoms with Crippen LogP contribution in [0.15, 0.2) is 24.3 Å². The van der Waals surface area contributed by atoms with Crippen LogP contribution in [0.1, 0.15) is 33.3 Å². The Balaban J connectivity index is 2.82. The van der Waals surface area contributed by atoms with E-state index in [1.54, 1.807) is 13.8 Å². The van der Waals surface area contributed by atoms with Gasteiger partial charge >= 0.3 is 5.97 Å². The monoisotopic (exact) mass is 264 g/mol. The Kier molecular flexibility index (Phi) is 4.95. The number of nitrogens with zero attached hydrogens (tertiary/aromatic N) is 1. The van der Waals surface area contributed by atoms with Gasteiger partial charge in [-0.1, -0.05) is 12.1 Å². The van der Waals surface area contributed by atoms with E-state index in [9.17, 15) is 9.90 Å². The van der Waals surface area contributed by atoms with Crippen molar-refractivity contribution in [3.63, 3.8) is 0 Å². The van der Waals surface area contributed by atoms with Gasteiger partial charge in [0.25, 0.3) is 0 Å². The molecule has 4 heteroatoms. The van der Waals surface area contributed by atoms with E-state index in [1.165, 1.54) is 0 Å². The largest absolute Gasteiger partial charge is 0.481 e. The molecule has 0 amide bonds.